The molecule has 0 aromatic rings. The van der Waals surface area contributed by atoms with Crippen LogP contribution in [0.4, 0.5) is 0 Å². The molecule has 0 amide bonds. The first-order valence-electron chi connectivity index (χ1n) is 11.8. The Morgan fingerprint density at radius 1 is 0.586 bits per heavy atom. The Balaban J connectivity index is 3.33. The molecular formula is C25H44O4. The summed E-state index contributed by atoms with van der Waals surface area (Å²) in [6, 6.07) is 0. The van der Waals surface area contributed by atoms with Gasteiger partial charge in [0.1, 0.15) is 0 Å². The monoisotopic (exact) mass is 408 g/mol. The minimum Gasteiger partial charge on any atom is -0.466 e. The maximum absolute atomic E-state index is 11.7. The van der Waals surface area contributed by atoms with Crippen molar-refractivity contribution < 1.29 is 19.1 Å². The van der Waals surface area contributed by atoms with Gasteiger partial charge in [-0.2, -0.15) is 0 Å². The standard InChI is InChI=1S/C25H44O4/c1-3-5-7-8-9-10-11-12-13-14-15-16-18-21-25(27)29-23-19-22-28-24(26)20-17-6-4-2/h7-8,10-11H,3-6,9,12-23H2,1-2H3/b8-7-,11-10-. The van der Waals surface area contributed by atoms with Gasteiger partial charge in [0.2, 0.25) is 0 Å². The van der Waals surface area contributed by atoms with Crippen LogP contribution in [0.3, 0.4) is 0 Å². The van der Waals surface area contributed by atoms with E-state index >= 15 is 0 Å². The van der Waals surface area contributed by atoms with Crippen LogP contribution in [0.1, 0.15) is 110 Å². The fourth-order valence-corrected chi connectivity index (χ4v) is 2.83. The van der Waals surface area contributed by atoms with E-state index in [1.807, 2.05) is 0 Å². The van der Waals surface area contributed by atoms with E-state index in [2.05, 4.69) is 38.2 Å². The lowest BCUT2D eigenvalue weighted by atomic mass is 10.1. The van der Waals surface area contributed by atoms with Gasteiger partial charge in [-0.05, 0) is 38.5 Å². The first kappa shape index (κ1) is 27.4. The van der Waals surface area contributed by atoms with Crippen molar-refractivity contribution in [2.24, 2.45) is 0 Å². The third-order valence-electron chi connectivity index (χ3n) is 4.61. The van der Waals surface area contributed by atoms with Crippen molar-refractivity contribution in [2.45, 2.75) is 110 Å². The number of hydrogen-bond donors (Lipinski definition) is 0. The van der Waals surface area contributed by atoms with Gasteiger partial charge in [0, 0.05) is 19.3 Å². The van der Waals surface area contributed by atoms with Crippen molar-refractivity contribution in [1.29, 1.82) is 0 Å². The van der Waals surface area contributed by atoms with Gasteiger partial charge in [-0.3, -0.25) is 9.59 Å². The van der Waals surface area contributed by atoms with E-state index in [9.17, 15) is 9.59 Å². The second kappa shape index (κ2) is 22.7. The van der Waals surface area contributed by atoms with Crippen LogP contribution < -0.4 is 0 Å². The Kier molecular flexibility index (Phi) is 21.5. The number of rotatable bonds is 20. The van der Waals surface area contributed by atoms with Gasteiger partial charge in [-0.15, -0.1) is 0 Å². The normalized spacial score (nSPS) is 11.4. The number of unbranched alkanes of at least 4 members (excludes halogenated alkanes) is 8. The lowest BCUT2D eigenvalue weighted by Crippen LogP contribution is -2.10. The van der Waals surface area contributed by atoms with Gasteiger partial charge >= 0.3 is 11.9 Å². The number of ether oxygens (including phenoxy) is 2. The average molecular weight is 409 g/mol. The number of carbonyl (C=O) groups is 2. The Bertz CT molecular complexity index is 440. The third-order valence-corrected chi connectivity index (χ3v) is 4.61. The Labute approximate surface area is 179 Å². The third kappa shape index (κ3) is 22.6. The van der Waals surface area contributed by atoms with Crippen molar-refractivity contribution >= 4 is 11.9 Å². The second-order valence-electron chi connectivity index (χ2n) is 7.53. The molecule has 0 aromatic carbocycles. The number of esters is 2. The fraction of sp³-hybridized carbons (Fsp3) is 0.760. The van der Waals surface area contributed by atoms with E-state index < -0.39 is 0 Å². The highest BCUT2D eigenvalue weighted by molar-refractivity contribution is 5.69. The van der Waals surface area contributed by atoms with Gasteiger partial charge in [-0.1, -0.05) is 76.7 Å². The zero-order valence-corrected chi connectivity index (χ0v) is 19.0. The van der Waals surface area contributed by atoms with Gasteiger partial charge in [0.25, 0.3) is 0 Å². The largest absolute Gasteiger partial charge is 0.466 e. The molecule has 168 valence electrons. The van der Waals surface area contributed by atoms with Crippen LogP contribution in [0, 0.1) is 0 Å². The molecule has 4 heteroatoms. The number of hydrogen-bond acceptors (Lipinski definition) is 4. The molecule has 0 aromatic heterocycles. The molecule has 0 aliphatic heterocycles. The quantitative estimate of drug-likeness (QED) is 0.123. The molecule has 0 radical (unpaired) electrons. The average Bonchev–Trinajstić information content (AvgIpc) is 2.71. The molecule has 0 saturated carbocycles. The van der Waals surface area contributed by atoms with Crippen molar-refractivity contribution in [3.8, 4) is 0 Å². The summed E-state index contributed by atoms with van der Waals surface area (Å²) in [7, 11) is 0. The zero-order valence-electron chi connectivity index (χ0n) is 19.0. The minimum atomic E-state index is -0.149. The summed E-state index contributed by atoms with van der Waals surface area (Å²) in [6.45, 7) is 4.97. The van der Waals surface area contributed by atoms with Gasteiger partial charge in [0.05, 0.1) is 13.2 Å². The molecule has 0 atom stereocenters. The highest BCUT2D eigenvalue weighted by Gasteiger charge is 2.04. The maximum atomic E-state index is 11.7. The lowest BCUT2D eigenvalue weighted by Gasteiger charge is -2.06. The van der Waals surface area contributed by atoms with Crippen molar-refractivity contribution in [2.75, 3.05) is 13.2 Å². The van der Waals surface area contributed by atoms with Crippen LogP contribution in [-0.2, 0) is 19.1 Å². The molecular weight excluding hydrogens is 364 g/mol. The van der Waals surface area contributed by atoms with Crippen molar-refractivity contribution in [3.05, 3.63) is 24.3 Å². The predicted octanol–water partition coefficient (Wildman–Crippen LogP) is 7.08. The summed E-state index contributed by atoms with van der Waals surface area (Å²) in [5, 5.41) is 0. The number of carbonyl (C=O) groups excluding carboxylic acids is 2. The van der Waals surface area contributed by atoms with E-state index in [0.717, 1.165) is 44.9 Å². The van der Waals surface area contributed by atoms with Crippen LogP contribution in [0.2, 0.25) is 0 Å². The molecule has 0 rings (SSSR count). The molecule has 0 saturated heterocycles. The predicted molar refractivity (Wildman–Crippen MR) is 121 cm³/mol. The summed E-state index contributed by atoms with van der Waals surface area (Å²) in [5.74, 6) is -0.289. The van der Waals surface area contributed by atoms with Crippen LogP contribution in [0.5, 0.6) is 0 Å². The molecule has 0 bridgehead atoms. The van der Waals surface area contributed by atoms with Crippen molar-refractivity contribution in [1.82, 2.24) is 0 Å². The first-order valence-corrected chi connectivity index (χ1v) is 11.8. The van der Waals surface area contributed by atoms with Gasteiger partial charge in [0.15, 0.2) is 0 Å². The van der Waals surface area contributed by atoms with E-state index in [1.165, 1.54) is 32.1 Å². The Morgan fingerprint density at radius 3 is 1.76 bits per heavy atom. The van der Waals surface area contributed by atoms with Gasteiger partial charge < -0.3 is 9.47 Å². The maximum Gasteiger partial charge on any atom is 0.305 e. The van der Waals surface area contributed by atoms with Crippen LogP contribution in [0.25, 0.3) is 0 Å². The van der Waals surface area contributed by atoms with E-state index in [0.29, 0.717) is 32.5 Å². The number of allylic oxidation sites excluding steroid dienone is 4. The second-order valence-corrected chi connectivity index (χ2v) is 7.53. The summed E-state index contributed by atoms with van der Waals surface area (Å²) in [5.41, 5.74) is 0. The molecule has 0 aliphatic carbocycles. The van der Waals surface area contributed by atoms with E-state index in [-0.39, 0.29) is 11.9 Å². The minimum absolute atomic E-state index is 0.140. The Morgan fingerprint density at radius 2 is 1.14 bits per heavy atom. The molecule has 29 heavy (non-hydrogen) atoms. The lowest BCUT2D eigenvalue weighted by molar-refractivity contribution is -0.146. The molecule has 0 fully saturated rings. The molecule has 0 unspecified atom stereocenters. The molecule has 0 aliphatic rings. The highest BCUT2D eigenvalue weighted by Crippen LogP contribution is 2.09. The van der Waals surface area contributed by atoms with Crippen LogP contribution >= 0.6 is 0 Å². The summed E-state index contributed by atoms with van der Waals surface area (Å²) < 4.78 is 10.3. The SMILES string of the molecule is CCC/C=C\C/C=C\CCCCCCCC(=O)OCCCOC(=O)CCCCC. The fourth-order valence-electron chi connectivity index (χ4n) is 2.83. The van der Waals surface area contributed by atoms with Crippen LogP contribution in [-0.4, -0.2) is 25.2 Å². The topological polar surface area (TPSA) is 52.6 Å². The zero-order chi connectivity index (χ0) is 21.4. The summed E-state index contributed by atoms with van der Waals surface area (Å²) in [4.78, 5) is 23.1. The van der Waals surface area contributed by atoms with E-state index in [1.54, 1.807) is 0 Å². The summed E-state index contributed by atoms with van der Waals surface area (Å²) >= 11 is 0. The molecule has 0 spiro atoms. The molecule has 4 nitrogen and oxygen atoms in total. The van der Waals surface area contributed by atoms with Crippen molar-refractivity contribution in [3.63, 3.8) is 0 Å². The first-order chi connectivity index (χ1) is 14.2. The van der Waals surface area contributed by atoms with E-state index in [4.69, 9.17) is 9.47 Å². The summed E-state index contributed by atoms with van der Waals surface area (Å²) in [6.07, 6.45) is 23.8. The molecule has 0 N–H and O–H groups in total. The molecule has 0 heterocycles. The Hall–Kier alpha value is -1.58. The van der Waals surface area contributed by atoms with Crippen LogP contribution in [0.15, 0.2) is 24.3 Å². The smallest absolute Gasteiger partial charge is 0.305 e. The highest BCUT2D eigenvalue weighted by atomic mass is 16.5. The van der Waals surface area contributed by atoms with Gasteiger partial charge in [-0.25, -0.2) is 0 Å².